The van der Waals surface area contributed by atoms with E-state index in [2.05, 4.69) is 34.8 Å². The van der Waals surface area contributed by atoms with Crippen molar-refractivity contribution < 1.29 is 4.79 Å². The lowest BCUT2D eigenvalue weighted by Gasteiger charge is -2.32. The highest BCUT2D eigenvalue weighted by atomic mass is 127. The number of hydrogen-bond donors (Lipinski definition) is 1. The van der Waals surface area contributed by atoms with E-state index in [0.29, 0.717) is 0 Å². The van der Waals surface area contributed by atoms with Gasteiger partial charge in [-0.25, -0.2) is 0 Å². The minimum Gasteiger partial charge on any atom is -0.339 e. The molecule has 0 radical (unpaired) electrons. The summed E-state index contributed by atoms with van der Waals surface area (Å²) < 4.78 is 1.16. The number of halogens is 2. The number of likely N-dealkylation sites (tertiary alicyclic amines) is 1. The molecule has 5 heteroatoms. The van der Waals surface area contributed by atoms with Gasteiger partial charge in [-0.1, -0.05) is 6.07 Å². The predicted octanol–water partition coefficient (Wildman–Crippen LogP) is 3.48. The van der Waals surface area contributed by atoms with Crippen molar-refractivity contribution in [2.75, 3.05) is 26.7 Å². The van der Waals surface area contributed by atoms with Gasteiger partial charge in [0.2, 0.25) is 0 Å². The number of aryl methyl sites for hydroxylation is 1. The molecule has 118 valence electrons. The Kier molecular flexibility index (Phi) is 7.98. The van der Waals surface area contributed by atoms with E-state index in [4.69, 9.17) is 0 Å². The molecule has 0 bridgehead atoms. The topological polar surface area (TPSA) is 32.3 Å². The molecule has 0 saturated carbocycles. The maximum atomic E-state index is 12.5. The van der Waals surface area contributed by atoms with E-state index in [1.54, 1.807) is 0 Å². The summed E-state index contributed by atoms with van der Waals surface area (Å²) in [6.07, 6.45) is 3.49. The van der Waals surface area contributed by atoms with E-state index < -0.39 is 0 Å². The molecule has 1 saturated heterocycles. The van der Waals surface area contributed by atoms with Crippen molar-refractivity contribution in [2.45, 2.75) is 26.2 Å². The lowest BCUT2D eigenvalue weighted by molar-refractivity contribution is 0.0687. The summed E-state index contributed by atoms with van der Waals surface area (Å²) in [6, 6.07) is 5.99. The molecule has 2 rings (SSSR count). The molecule has 21 heavy (non-hydrogen) atoms. The molecule has 1 aliphatic rings. The lowest BCUT2D eigenvalue weighted by Crippen LogP contribution is -2.39. The van der Waals surface area contributed by atoms with Crippen molar-refractivity contribution in [3.05, 3.63) is 32.9 Å². The highest BCUT2D eigenvalue weighted by Gasteiger charge is 2.23. The number of nitrogens with one attached hydrogen (secondary N) is 1. The maximum absolute atomic E-state index is 12.5. The first kappa shape index (κ1) is 18.7. The molecule has 1 fully saturated rings. The van der Waals surface area contributed by atoms with E-state index in [-0.39, 0.29) is 18.3 Å². The van der Waals surface area contributed by atoms with E-state index >= 15 is 0 Å². The van der Waals surface area contributed by atoms with Gasteiger partial charge in [0.05, 0.1) is 0 Å². The van der Waals surface area contributed by atoms with Crippen LogP contribution in [0.5, 0.6) is 0 Å². The van der Waals surface area contributed by atoms with Crippen molar-refractivity contribution >= 4 is 40.9 Å². The van der Waals surface area contributed by atoms with Gasteiger partial charge in [0.1, 0.15) is 0 Å². The van der Waals surface area contributed by atoms with Crippen molar-refractivity contribution in [3.63, 3.8) is 0 Å². The van der Waals surface area contributed by atoms with E-state index in [1.807, 2.05) is 30.1 Å². The number of benzene rings is 1. The normalized spacial score (nSPS) is 15.7. The smallest absolute Gasteiger partial charge is 0.253 e. The minimum absolute atomic E-state index is 0. The highest BCUT2D eigenvalue weighted by molar-refractivity contribution is 14.1. The Morgan fingerprint density at radius 1 is 1.38 bits per heavy atom. The van der Waals surface area contributed by atoms with Crippen molar-refractivity contribution in [2.24, 2.45) is 5.92 Å². The fourth-order valence-electron chi connectivity index (χ4n) is 2.68. The summed E-state index contributed by atoms with van der Waals surface area (Å²) in [6.45, 7) is 4.95. The summed E-state index contributed by atoms with van der Waals surface area (Å²) in [5.74, 6) is 0.958. The zero-order valence-corrected chi connectivity index (χ0v) is 15.7. The van der Waals surface area contributed by atoms with Crippen LogP contribution in [-0.2, 0) is 0 Å². The van der Waals surface area contributed by atoms with Crippen LogP contribution < -0.4 is 5.32 Å². The third kappa shape index (κ3) is 5.11. The second-order valence-corrected chi connectivity index (χ2v) is 6.75. The quantitative estimate of drug-likeness (QED) is 0.754. The van der Waals surface area contributed by atoms with Crippen LogP contribution in [0.25, 0.3) is 0 Å². The van der Waals surface area contributed by atoms with E-state index in [0.717, 1.165) is 47.5 Å². The van der Waals surface area contributed by atoms with Crippen LogP contribution in [0.2, 0.25) is 0 Å². The van der Waals surface area contributed by atoms with Crippen LogP contribution >= 0.6 is 35.0 Å². The van der Waals surface area contributed by atoms with Gasteiger partial charge in [-0.3, -0.25) is 4.79 Å². The molecule has 3 nitrogen and oxygen atoms in total. The number of nitrogens with zero attached hydrogens (tertiary/aromatic N) is 1. The Morgan fingerprint density at radius 3 is 2.62 bits per heavy atom. The molecular formula is C16H24ClIN2O. The molecule has 1 aliphatic heterocycles. The Bertz CT molecular complexity index is 473. The molecule has 1 amide bonds. The van der Waals surface area contributed by atoms with Crippen molar-refractivity contribution in [3.8, 4) is 0 Å². The van der Waals surface area contributed by atoms with Gasteiger partial charge in [-0.05, 0) is 86.0 Å². The molecule has 0 atom stereocenters. The number of carbonyl (C=O) groups excluding carboxylic acids is 1. The molecule has 0 aliphatic carbocycles. The number of hydrogen-bond acceptors (Lipinski definition) is 2. The molecule has 1 N–H and O–H groups in total. The summed E-state index contributed by atoms with van der Waals surface area (Å²) in [7, 11) is 2.00. The average molecular weight is 423 g/mol. The van der Waals surface area contributed by atoms with Crippen LogP contribution in [0.4, 0.5) is 0 Å². The Morgan fingerprint density at radius 2 is 2.05 bits per heavy atom. The molecule has 1 aromatic carbocycles. The van der Waals surface area contributed by atoms with Crippen LogP contribution in [0.1, 0.15) is 35.2 Å². The van der Waals surface area contributed by atoms with Gasteiger partial charge < -0.3 is 10.2 Å². The second-order valence-electron chi connectivity index (χ2n) is 5.59. The summed E-state index contributed by atoms with van der Waals surface area (Å²) in [5, 5.41) is 3.20. The molecule has 1 heterocycles. The standard InChI is InChI=1S/C16H23IN2O.ClH/c1-12-3-4-14(11-15(12)17)16(20)19-9-6-13(7-10-19)5-8-18-2;/h3-4,11,13,18H,5-10H2,1-2H3;1H. The first-order valence-corrected chi connectivity index (χ1v) is 8.39. The van der Waals surface area contributed by atoms with Crippen LogP contribution in [0.3, 0.4) is 0 Å². The van der Waals surface area contributed by atoms with Gasteiger partial charge in [0.15, 0.2) is 0 Å². The zero-order valence-electron chi connectivity index (χ0n) is 12.7. The van der Waals surface area contributed by atoms with Crippen molar-refractivity contribution in [1.29, 1.82) is 0 Å². The molecule has 0 spiro atoms. The van der Waals surface area contributed by atoms with Gasteiger partial charge >= 0.3 is 0 Å². The van der Waals surface area contributed by atoms with E-state index in [1.165, 1.54) is 12.0 Å². The lowest BCUT2D eigenvalue weighted by atomic mass is 9.93. The number of rotatable bonds is 4. The minimum atomic E-state index is 0. The second kappa shape index (κ2) is 8.96. The Hall–Kier alpha value is -0.330. The van der Waals surface area contributed by atoms with Crippen molar-refractivity contribution in [1.82, 2.24) is 10.2 Å². The summed E-state index contributed by atoms with van der Waals surface area (Å²) in [5.41, 5.74) is 2.06. The van der Waals surface area contributed by atoms with Gasteiger partial charge in [-0.2, -0.15) is 0 Å². The monoisotopic (exact) mass is 422 g/mol. The average Bonchev–Trinajstić information content (AvgIpc) is 2.48. The SMILES string of the molecule is CNCCC1CCN(C(=O)c2ccc(C)c(I)c2)CC1.Cl. The number of carbonyl (C=O) groups is 1. The summed E-state index contributed by atoms with van der Waals surface area (Å²) >= 11 is 2.29. The molecule has 1 aromatic rings. The first-order chi connectivity index (χ1) is 9.61. The fraction of sp³-hybridized carbons (Fsp3) is 0.562. The van der Waals surface area contributed by atoms with E-state index in [9.17, 15) is 4.79 Å². The van der Waals surface area contributed by atoms with Crippen LogP contribution in [0, 0.1) is 16.4 Å². The maximum Gasteiger partial charge on any atom is 0.253 e. The van der Waals surface area contributed by atoms with Gasteiger partial charge in [0, 0.05) is 22.2 Å². The molecule has 0 unspecified atom stereocenters. The number of amides is 1. The Balaban J connectivity index is 0.00000220. The summed E-state index contributed by atoms with van der Waals surface area (Å²) in [4.78, 5) is 14.5. The number of piperidine rings is 1. The zero-order chi connectivity index (χ0) is 14.5. The largest absolute Gasteiger partial charge is 0.339 e. The van der Waals surface area contributed by atoms with Crippen LogP contribution in [-0.4, -0.2) is 37.5 Å². The third-order valence-corrected chi connectivity index (χ3v) is 5.29. The van der Waals surface area contributed by atoms with Crippen LogP contribution in [0.15, 0.2) is 18.2 Å². The van der Waals surface area contributed by atoms with Gasteiger partial charge in [-0.15, -0.1) is 12.4 Å². The Labute approximate surface area is 147 Å². The fourth-order valence-corrected chi connectivity index (χ4v) is 3.20. The highest BCUT2D eigenvalue weighted by Crippen LogP contribution is 2.22. The first-order valence-electron chi connectivity index (χ1n) is 7.32. The molecule has 0 aromatic heterocycles. The predicted molar refractivity (Wildman–Crippen MR) is 98.3 cm³/mol. The molecular weight excluding hydrogens is 399 g/mol. The van der Waals surface area contributed by atoms with Gasteiger partial charge in [0.25, 0.3) is 5.91 Å². The third-order valence-electron chi connectivity index (χ3n) is 4.12.